The molecule has 0 aromatic heterocycles. The molecule has 136 valence electrons. The van der Waals surface area contributed by atoms with E-state index >= 15 is 0 Å². The number of Topliss-reactive ketones (excluding diaryl/α,β-unsaturated/α-hetero) is 1. The number of nitrogens with one attached hydrogen (secondary N) is 1. The van der Waals surface area contributed by atoms with Crippen LogP contribution in [0.15, 0.2) is 35.5 Å². The van der Waals surface area contributed by atoms with E-state index in [1.165, 1.54) is 14.2 Å². The first-order chi connectivity index (χ1) is 12.3. The molecule has 1 aromatic rings. The van der Waals surface area contributed by atoms with Crippen molar-refractivity contribution in [3.05, 3.63) is 46.6 Å². The highest BCUT2D eigenvalue weighted by atomic mass is 16.5. The predicted octanol–water partition coefficient (Wildman–Crippen LogP) is 1.65. The summed E-state index contributed by atoms with van der Waals surface area (Å²) in [4.78, 5) is 38.5. The molecule has 1 unspecified atom stereocenters. The number of aryl methyl sites for hydroxylation is 1. The number of carbonyl (C=O) groups excluding carboxylic acids is 3. The third kappa shape index (κ3) is 2.05. The molecular weight excluding hydrogens is 342 g/mol. The molecule has 0 fully saturated rings. The first kappa shape index (κ1) is 17.5. The van der Waals surface area contributed by atoms with E-state index in [1.54, 1.807) is 19.1 Å². The maximum atomic E-state index is 13.5. The molecule has 8 heteroatoms. The molecule has 26 heavy (non-hydrogen) atoms. The summed E-state index contributed by atoms with van der Waals surface area (Å²) in [6.45, 7) is 1.79. The number of benzene rings is 1. The van der Waals surface area contributed by atoms with Crippen LogP contribution in [0.2, 0.25) is 0 Å². The van der Waals surface area contributed by atoms with Crippen LogP contribution in [-0.2, 0) is 19.1 Å². The van der Waals surface area contributed by atoms with Gasteiger partial charge in [-0.2, -0.15) is 0 Å². The van der Waals surface area contributed by atoms with E-state index in [1.807, 2.05) is 0 Å². The Hall–Kier alpha value is -3.29. The molecular formula is C18H17NO7. The minimum absolute atomic E-state index is 0.0948. The number of allylic oxidation sites excluding steroid dienone is 1. The van der Waals surface area contributed by atoms with E-state index in [2.05, 4.69) is 5.32 Å². The summed E-state index contributed by atoms with van der Waals surface area (Å²) in [5.74, 6) is -3.67. The fraction of sp³-hybridized carbons (Fsp3) is 0.278. The largest absolute Gasteiger partial charge is 0.502 e. The number of aliphatic hydroxyl groups is 1. The van der Waals surface area contributed by atoms with Crippen LogP contribution < -0.4 is 10.1 Å². The summed E-state index contributed by atoms with van der Waals surface area (Å²) < 4.78 is 15.6. The summed E-state index contributed by atoms with van der Waals surface area (Å²) in [7, 11) is 3.77. The first-order valence-electron chi connectivity index (χ1n) is 7.66. The van der Waals surface area contributed by atoms with Crippen LogP contribution in [0.3, 0.4) is 0 Å². The molecule has 1 atom stereocenters. The maximum absolute atomic E-state index is 13.5. The molecule has 8 nitrogen and oxygen atoms in total. The summed E-state index contributed by atoms with van der Waals surface area (Å²) in [5, 5.41) is 12.8. The number of hydrogen-bond donors (Lipinski definition) is 2. The lowest BCUT2D eigenvalue weighted by Crippen LogP contribution is -2.52. The van der Waals surface area contributed by atoms with Crippen molar-refractivity contribution in [3.63, 3.8) is 0 Å². The molecule has 0 saturated carbocycles. The second-order valence-corrected chi connectivity index (χ2v) is 5.88. The zero-order chi connectivity index (χ0) is 19.2. The van der Waals surface area contributed by atoms with Crippen LogP contribution >= 0.6 is 0 Å². The van der Waals surface area contributed by atoms with Crippen molar-refractivity contribution in [2.24, 2.45) is 5.41 Å². The van der Waals surface area contributed by atoms with Crippen molar-refractivity contribution in [2.45, 2.75) is 6.92 Å². The molecule has 0 saturated heterocycles. The fourth-order valence-corrected chi connectivity index (χ4v) is 3.34. The van der Waals surface area contributed by atoms with Gasteiger partial charge in [-0.05, 0) is 24.6 Å². The number of methoxy groups -OCH3 is 3. The van der Waals surface area contributed by atoms with E-state index in [-0.39, 0.29) is 22.8 Å². The SMILES string of the molecule is COC1=CC(=O)C(O)=C(OC)C12C(=O)Nc1cc(C)cc(OC)c1C2=O. The number of rotatable bonds is 3. The van der Waals surface area contributed by atoms with Crippen molar-refractivity contribution < 1.29 is 33.7 Å². The van der Waals surface area contributed by atoms with E-state index in [0.717, 1.165) is 18.7 Å². The lowest BCUT2D eigenvalue weighted by atomic mass is 9.70. The molecule has 1 spiro atoms. The number of carbonyl (C=O) groups is 3. The van der Waals surface area contributed by atoms with Gasteiger partial charge in [-0.1, -0.05) is 0 Å². The van der Waals surface area contributed by atoms with Gasteiger partial charge in [0.25, 0.3) is 5.91 Å². The molecule has 1 aromatic carbocycles. The van der Waals surface area contributed by atoms with Crippen molar-refractivity contribution in [2.75, 3.05) is 26.6 Å². The molecule has 1 amide bonds. The van der Waals surface area contributed by atoms with E-state index < -0.39 is 34.4 Å². The first-order valence-corrected chi connectivity index (χ1v) is 7.66. The van der Waals surface area contributed by atoms with E-state index in [4.69, 9.17) is 14.2 Å². The van der Waals surface area contributed by atoms with Gasteiger partial charge < -0.3 is 24.6 Å². The minimum atomic E-state index is -2.16. The van der Waals surface area contributed by atoms with Crippen LogP contribution in [0.1, 0.15) is 15.9 Å². The Morgan fingerprint density at radius 3 is 2.31 bits per heavy atom. The Labute approximate surface area is 149 Å². The highest BCUT2D eigenvalue weighted by molar-refractivity contribution is 6.30. The van der Waals surface area contributed by atoms with Crippen LogP contribution in [0.4, 0.5) is 5.69 Å². The molecule has 3 rings (SSSR count). The Kier molecular flexibility index (Phi) is 3.98. The smallest absolute Gasteiger partial charge is 0.254 e. The Bertz CT molecular complexity index is 912. The number of fused-ring (bicyclic) bond motifs is 1. The summed E-state index contributed by atoms with van der Waals surface area (Å²) in [6.07, 6.45) is 0.904. The van der Waals surface area contributed by atoms with Gasteiger partial charge in [-0.15, -0.1) is 0 Å². The number of anilines is 1. The number of aliphatic hydroxyl groups excluding tert-OH is 1. The van der Waals surface area contributed by atoms with Gasteiger partial charge in [0.15, 0.2) is 11.5 Å². The molecule has 0 bridgehead atoms. The number of hydrogen-bond acceptors (Lipinski definition) is 7. The predicted molar refractivity (Wildman–Crippen MR) is 89.9 cm³/mol. The third-order valence-corrected chi connectivity index (χ3v) is 4.47. The van der Waals surface area contributed by atoms with Crippen LogP contribution in [0.5, 0.6) is 5.75 Å². The van der Waals surface area contributed by atoms with Crippen LogP contribution in [-0.4, -0.2) is 43.9 Å². The van der Waals surface area contributed by atoms with Gasteiger partial charge in [0, 0.05) is 6.08 Å². The zero-order valence-corrected chi connectivity index (χ0v) is 14.6. The second-order valence-electron chi connectivity index (χ2n) is 5.88. The van der Waals surface area contributed by atoms with Crippen LogP contribution in [0, 0.1) is 12.3 Å². The van der Waals surface area contributed by atoms with Gasteiger partial charge in [-0.25, -0.2) is 0 Å². The summed E-state index contributed by atoms with van der Waals surface area (Å²) in [5.41, 5.74) is -1.02. The number of amides is 1. The summed E-state index contributed by atoms with van der Waals surface area (Å²) in [6, 6.07) is 3.27. The molecule has 1 aliphatic heterocycles. The monoisotopic (exact) mass is 359 g/mol. The van der Waals surface area contributed by atoms with E-state index in [0.29, 0.717) is 0 Å². The highest BCUT2D eigenvalue weighted by Crippen LogP contribution is 2.50. The van der Waals surface area contributed by atoms with Crippen molar-refractivity contribution in [3.8, 4) is 5.75 Å². The standard InChI is InChI=1S/C18H17NO7/c1-8-5-9-13(11(6-8)24-2)15(22)18(17(23)19-9)12(25-3)7-10(20)14(21)16(18)26-4/h5-7,21H,1-4H3,(H,19,23). The second kappa shape index (κ2) is 5.91. The third-order valence-electron chi connectivity index (χ3n) is 4.47. The van der Waals surface area contributed by atoms with Crippen molar-refractivity contribution in [1.29, 1.82) is 0 Å². The molecule has 2 N–H and O–H groups in total. The average molecular weight is 359 g/mol. The molecule has 1 heterocycles. The maximum Gasteiger partial charge on any atom is 0.254 e. The number of ether oxygens (including phenoxy) is 3. The Balaban J connectivity index is 2.38. The lowest BCUT2D eigenvalue weighted by molar-refractivity contribution is -0.124. The number of ketones is 2. The Morgan fingerprint density at radius 2 is 1.73 bits per heavy atom. The zero-order valence-electron chi connectivity index (χ0n) is 14.6. The van der Waals surface area contributed by atoms with Crippen LogP contribution in [0.25, 0.3) is 0 Å². The van der Waals surface area contributed by atoms with Gasteiger partial charge in [0.2, 0.25) is 17.0 Å². The quantitative estimate of drug-likeness (QED) is 0.789. The highest BCUT2D eigenvalue weighted by Gasteiger charge is 2.62. The van der Waals surface area contributed by atoms with Gasteiger partial charge in [0.1, 0.15) is 11.5 Å². The lowest BCUT2D eigenvalue weighted by Gasteiger charge is -2.38. The van der Waals surface area contributed by atoms with Gasteiger partial charge >= 0.3 is 0 Å². The minimum Gasteiger partial charge on any atom is -0.502 e. The molecule has 2 aliphatic rings. The van der Waals surface area contributed by atoms with Crippen molar-refractivity contribution in [1.82, 2.24) is 0 Å². The van der Waals surface area contributed by atoms with Gasteiger partial charge in [0.05, 0.1) is 32.6 Å². The summed E-state index contributed by atoms with van der Waals surface area (Å²) >= 11 is 0. The normalized spacial score (nSPS) is 22.0. The Morgan fingerprint density at radius 1 is 1.04 bits per heavy atom. The van der Waals surface area contributed by atoms with Crippen molar-refractivity contribution >= 4 is 23.2 Å². The average Bonchev–Trinajstić information content (AvgIpc) is 2.61. The fourth-order valence-electron chi connectivity index (χ4n) is 3.34. The molecule has 0 radical (unpaired) electrons. The van der Waals surface area contributed by atoms with Gasteiger partial charge in [-0.3, -0.25) is 14.4 Å². The molecule has 1 aliphatic carbocycles. The van der Waals surface area contributed by atoms with E-state index in [9.17, 15) is 19.5 Å². The topological polar surface area (TPSA) is 111 Å².